The van der Waals surface area contributed by atoms with E-state index in [0.29, 0.717) is 17.8 Å². The van der Waals surface area contributed by atoms with E-state index in [-0.39, 0.29) is 22.9 Å². The summed E-state index contributed by atoms with van der Waals surface area (Å²) in [6, 6.07) is 0. The molecular weight excluding hydrogens is 300 g/mol. The number of aliphatic hydroxyl groups is 3. The van der Waals surface area contributed by atoms with E-state index in [1.54, 1.807) is 0 Å². The van der Waals surface area contributed by atoms with E-state index >= 15 is 0 Å². The molecule has 9 atom stereocenters. The summed E-state index contributed by atoms with van der Waals surface area (Å²) < 4.78 is 0. The molecule has 3 heteroatoms. The third-order valence-corrected chi connectivity index (χ3v) is 9.49. The van der Waals surface area contributed by atoms with E-state index in [1.807, 2.05) is 0 Å². The van der Waals surface area contributed by atoms with Crippen molar-refractivity contribution in [2.45, 2.75) is 96.4 Å². The summed E-state index contributed by atoms with van der Waals surface area (Å²) in [6.45, 7) is 6.89. The van der Waals surface area contributed by atoms with Gasteiger partial charge in [0.25, 0.3) is 0 Å². The number of rotatable bonds is 1. The topological polar surface area (TPSA) is 60.7 Å². The predicted octanol–water partition coefficient (Wildman–Crippen LogP) is 3.50. The molecule has 0 aromatic heterocycles. The lowest BCUT2D eigenvalue weighted by molar-refractivity contribution is -0.285. The van der Waals surface area contributed by atoms with Crippen molar-refractivity contribution >= 4 is 0 Å². The highest BCUT2D eigenvalue weighted by Crippen LogP contribution is 2.69. The van der Waals surface area contributed by atoms with Crippen molar-refractivity contribution in [2.75, 3.05) is 0 Å². The Kier molecular flexibility index (Phi) is 3.92. The van der Waals surface area contributed by atoms with Crippen LogP contribution in [0, 0.1) is 34.5 Å². The van der Waals surface area contributed by atoms with Crippen molar-refractivity contribution in [1.29, 1.82) is 0 Å². The molecule has 138 valence electrons. The minimum absolute atomic E-state index is 0.197. The number of fused-ring (bicyclic) bond motifs is 5. The molecule has 0 heterocycles. The molecular formula is C21H36O3. The Balaban J connectivity index is 1.73. The van der Waals surface area contributed by atoms with Gasteiger partial charge in [-0.3, -0.25) is 0 Å². The van der Waals surface area contributed by atoms with Gasteiger partial charge in [-0.05, 0) is 80.5 Å². The van der Waals surface area contributed by atoms with Crippen molar-refractivity contribution in [1.82, 2.24) is 0 Å². The fraction of sp³-hybridized carbons (Fsp3) is 1.00. The Hall–Kier alpha value is -0.120. The third kappa shape index (κ3) is 1.95. The van der Waals surface area contributed by atoms with E-state index in [4.69, 9.17) is 0 Å². The van der Waals surface area contributed by atoms with Crippen LogP contribution in [-0.2, 0) is 0 Å². The van der Waals surface area contributed by atoms with Crippen LogP contribution in [0.25, 0.3) is 0 Å². The molecule has 0 amide bonds. The predicted molar refractivity (Wildman–Crippen MR) is 94.4 cm³/mol. The van der Waals surface area contributed by atoms with Gasteiger partial charge in [0, 0.05) is 5.41 Å². The zero-order valence-electron chi connectivity index (χ0n) is 15.7. The molecule has 4 fully saturated rings. The minimum Gasteiger partial charge on any atom is -0.393 e. The van der Waals surface area contributed by atoms with E-state index in [9.17, 15) is 15.3 Å². The standard InChI is InChI=1S/C21H36O3/c1-4-13-5-7-16-17-8-6-14-11-15(22)9-10-20(14,3)21(17,24)18(23)12-19(13,16)2/h13-18,22-24H,4-12H2,1-3H3/t13-,14?,15+,16-,17-,18-,19+,20-,21-/m0/s1. The SMILES string of the molecule is CC[C@H]1CC[C@H]2[C@@H]3CCC4C[C@H](O)CC[C@]4(C)[C@@]3(O)[C@@H](O)C[C@]12C. The fourth-order valence-corrected chi connectivity index (χ4v) is 8.06. The molecule has 0 saturated heterocycles. The van der Waals surface area contributed by atoms with Crippen LogP contribution in [0.1, 0.15) is 78.6 Å². The maximum absolute atomic E-state index is 12.0. The smallest absolute Gasteiger partial charge is 0.0992 e. The number of aliphatic hydroxyl groups excluding tert-OH is 2. The van der Waals surface area contributed by atoms with Crippen LogP contribution >= 0.6 is 0 Å². The molecule has 3 N–H and O–H groups in total. The van der Waals surface area contributed by atoms with Crippen molar-refractivity contribution < 1.29 is 15.3 Å². The van der Waals surface area contributed by atoms with Crippen LogP contribution in [-0.4, -0.2) is 33.1 Å². The fourth-order valence-electron chi connectivity index (χ4n) is 8.06. The Bertz CT molecular complexity index is 507. The molecule has 0 aromatic rings. The monoisotopic (exact) mass is 336 g/mol. The molecule has 0 aromatic carbocycles. The highest BCUT2D eigenvalue weighted by atomic mass is 16.3. The molecule has 0 bridgehead atoms. The molecule has 24 heavy (non-hydrogen) atoms. The maximum atomic E-state index is 12.0. The average molecular weight is 337 g/mol. The van der Waals surface area contributed by atoms with Crippen LogP contribution in [0.3, 0.4) is 0 Å². The van der Waals surface area contributed by atoms with Crippen LogP contribution in [0.2, 0.25) is 0 Å². The summed E-state index contributed by atoms with van der Waals surface area (Å²) in [7, 11) is 0. The highest BCUT2D eigenvalue weighted by molar-refractivity contribution is 5.19. The Morgan fingerprint density at radius 1 is 0.958 bits per heavy atom. The summed E-state index contributed by atoms with van der Waals surface area (Å²) in [5.74, 6) is 1.84. The van der Waals surface area contributed by atoms with Gasteiger partial charge in [0.05, 0.1) is 17.8 Å². The van der Waals surface area contributed by atoms with Crippen LogP contribution in [0.15, 0.2) is 0 Å². The van der Waals surface area contributed by atoms with Crippen molar-refractivity contribution in [3.05, 3.63) is 0 Å². The van der Waals surface area contributed by atoms with Crippen molar-refractivity contribution in [3.8, 4) is 0 Å². The van der Waals surface area contributed by atoms with Crippen molar-refractivity contribution in [3.63, 3.8) is 0 Å². The maximum Gasteiger partial charge on any atom is 0.0992 e. The van der Waals surface area contributed by atoms with Gasteiger partial charge in [-0.1, -0.05) is 27.2 Å². The lowest BCUT2D eigenvalue weighted by Gasteiger charge is -2.66. The average Bonchev–Trinajstić information content (AvgIpc) is 2.86. The first kappa shape index (κ1) is 17.3. The summed E-state index contributed by atoms with van der Waals surface area (Å²) >= 11 is 0. The second kappa shape index (κ2) is 5.44. The molecule has 0 spiro atoms. The molecule has 0 aliphatic heterocycles. The molecule has 1 unspecified atom stereocenters. The largest absolute Gasteiger partial charge is 0.393 e. The zero-order valence-corrected chi connectivity index (χ0v) is 15.7. The quantitative estimate of drug-likeness (QED) is 0.687. The molecule has 4 aliphatic rings. The highest BCUT2D eigenvalue weighted by Gasteiger charge is 2.69. The van der Waals surface area contributed by atoms with Gasteiger partial charge in [-0.15, -0.1) is 0 Å². The first-order chi connectivity index (χ1) is 11.3. The van der Waals surface area contributed by atoms with Gasteiger partial charge < -0.3 is 15.3 Å². The van der Waals surface area contributed by atoms with E-state index in [1.165, 1.54) is 19.3 Å². The summed E-state index contributed by atoms with van der Waals surface area (Å²) in [5, 5.41) is 33.4. The van der Waals surface area contributed by atoms with Gasteiger partial charge in [-0.2, -0.15) is 0 Å². The number of hydrogen-bond acceptors (Lipinski definition) is 3. The van der Waals surface area contributed by atoms with Crippen LogP contribution < -0.4 is 0 Å². The Labute approximate surface area is 146 Å². The van der Waals surface area contributed by atoms with Crippen LogP contribution in [0.5, 0.6) is 0 Å². The summed E-state index contributed by atoms with van der Waals surface area (Å²) in [6.07, 6.45) is 8.16. The van der Waals surface area contributed by atoms with Crippen LogP contribution in [0.4, 0.5) is 0 Å². The van der Waals surface area contributed by atoms with E-state index < -0.39 is 11.7 Å². The lowest BCUT2D eigenvalue weighted by atomic mass is 9.41. The van der Waals surface area contributed by atoms with E-state index in [2.05, 4.69) is 20.8 Å². The van der Waals surface area contributed by atoms with E-state index in [0.717, 1.165) is 38.5 Å². The summed E-state index contributed by atoms with van der Waals surface area (Å²) in [4.78, 5) is 0. The lowest BCUT2D eigenvalue weighted by Crippen LogP contribution is -2.71. The molecule has 4 rings (SSSR count). The normalized spacial score (nSPS) is 60.2. The molecule has 3 nitrogen and oxygen atoms in total. The summed E-state index contributed by atoms with van der Waals surface area (Å²) in [5.41, 5.74) is -0.995. The molecule has 0 radical (unpaired) electrons. The first-order valence-corrected chi connectivity index (χ1v) is 10.4. The Morgan fingerprint density at radius 2 is 1.67 bits per heavy atom. The van der Waals surface area contributed by atoms with Gasteiger partial charge >= 0.3 is 0 Å². The molecule has 4 saturated carbocycles. The second-order valence-electron chi connectivity index (χ2n) is 10.1. The van der Waals surface area contributed by atoms with Gasteiger partial charge in [0.15, 0.2) is 0 Å². The third-order valence-electron chi connectivity index (χ3n) is 9.49. The van der Waals surface area contributed by atoms with Gasteiger partial charge in [-0.25, -0.2) is 0 Å². The van der Waals surface area contributed by atoms with Crippen molar-refractivity contribution in [2.24, 2.45) is 34.5 Å². The second-order valence-corrected chi connectivity index (χ2v) is 10.1. The molecule has 4 aliphatic carbocycles. The zero-order chi connectivity index (χ0) is 17.3. The van der Waals surface area contributed by atoms with Gasteiger partial charge in [0.1, 0.15) is 0 Å². The first-order valence-electron chi connectivity index (χ1n) is 10.4. The Morgan fingerprint density at radius 3 is 2.38 bits per heavy atom. The minimum atomic E-state index is -0.955. The van der Waals surface area contributed by atoms with Gasteiger partial charge in [0.2, 0.25) is 0 Å². The number of hydrogen-bond donors (Lipinski definition) is 3.